The molecule has 28 heavy (non-hydrogen) atoms. The molecule has 1 N–H and O–H groups in total. The Kier molecular flexibility index (Phi) is 5.61. The second-order valence-electron chi connectivity index (χ2n) is 5.86. The van der Waals surface area contributed by atoms with Gasteiger partial charge in [-0.1, -0.05) is 6.07 Å². The fraction of sp³-hybridized carbons (Fsp3) is 0.167. The van der Waals surface area contributed by atoms with Crippen molar-refractivity contribution in [1.82, 2.24) is 9.97 Å². The summed E-state index contributed by atoms with van der Waals surface area (Å²) in [7, 11) is -1.15. The molecule has 0 spiro atoms. The predicted octanol–water partition coefficient (Wildman–Crippen LogP) is 4.32. The minimum Gasteiger partial charge on any atom is -0.497 e. The number of benzene rings is 1. The van der Waals surface area contributed by atoms with Crippen LogP contribution in [0.2, 0.25) is 0 Å². The van der Waals surface area contributed by atoms with Crippen LogP contribution in [0.5, 0.6) is 5.75 Å². The van der Waals surface area contributed by atoms with Crippen molar-refractivity contribution in [3.63, 3.8) is 0 Å². The third-order valence-electron chi connectivity index (χ3n) is 3.62. The maximum Gasteiger partial charge on any atom is 0.433 e. The van der Waals surface area contributed by atoms with E-state index in [9.17, 15) is 17.4 Å². The van der Waals surface area contributed by atoms with E-state index in [0.717, 1.165) is 23.6 Å². The summed E-state index contributed by atoms with van der Waals surface area (Å²) < 4.78 is 58.4. The molecule has 0 fully saturated rings. The lowest BCUT2D eigenvalue weighted by atomic mass is 10.2. The number of ether oxygens (including phenoxy) is 1. The number of alkyl halides is 3. The van der Waals surface area contributed by atoms with Gasteiger partial charge in [-0.2, -0.15) is 13.2 Å². The van der Waals surface area contributed by atoms with Crippen molar-refractivity contribution in [2.24, 2.45) is 0 Å². The molecule has 2 heterocycles. The van der Waals surface area contributed by atoms with Crippen LogP contribution in [-0.4, -0.2) is 32.9 Å². The number of pyridine rings is 1. The molecule has 3 rings (SSSR count). The number of aromatic nitrogens is 2. The second-order valence-corrected chi connectivity index (χ2v) is 8.97. The largest absolute Gasteiger partial charge is 0.497 e. The second kappa shape index (κ2) is 7.80. The van der Waals surface area contributed by atoms with Gasteiger partial charge in [-0.3, -0.25) is 9.71 Å². The molecule has 0 amide bonds. The number of nitrogens with zero attached hydrogens (tertiary/aromatic N) is 2. The molecule has 0 bridgehead atoms. The van der Waals surface area contributed by atoms with Crippen LogP contribution in [0.3, 0.4) is 0 Å². The van der Waals surface area contributed by atoms with E-state index >= 15 is 0 Å². The van der Waals surface area contributed by atoms with E-state index in [4.69, 9.17) is 4.74 Å². The van der Waals surface area contributed by atoms with Crippen LogP contribution in [-0.2, 0) is 15.9 Å². The van der Waals surface area contributed by atoms with Crippen LogP contribution < -0.4 is 9.46 Å². The van der Waals surface area contributed by atoms with E-state index in [0.29, 0.717) is 16.4 Å². The van der Waals surface area contributed by atoms with Crippen LogP contribution >= 0.6 is 11.3 Å². The number of hydrogen-bond acceptors (Lipinski definition) is 5. The third kappa shape index (κ3) is 5.02. The maximum atomic E-state index is 12.8. The minimum absolute atomic E-state index is 0.319. The highest BCUT2D eigenvalue weighted by Crippen LogP contribution is 2.28. The van der Waals surface area contributed by atoms with Crippen molar-refractivity contribution in [1.29, 1.82) is 0 Å². The van der Waals surface area contributed by atoms with E-state index in [1.165, 1.54) is 29.0 Å². The zero-order valence-corrected chi connectivity index (χ0v) is 16.5. The van der Waals surface area contributed by atoms with Crippen molar-refractivity contribution in [2.75, 3.05) is 18.1 Å². The van der Waals surface area contributed by atoms with Crippen molar-refractivity contribution < 1.29 is 22.1 Å². The van der Waals surface area contributed by atoms with E-state index in [-0.39, 0.29) is 0 Å². The van der Waals surface area contributed by atoms with Gasteiger partial charge in [0.05, 0.1) is 22.5 Å². The van der Waals surface area contributed by atoms with Crippen LogP contribution in [0.4, 0.5) is 18.3 Å². The normalized spacial score (nSPS) is 13.6. The van der Waals surface area contributed by atoms with E-state index < -0.39 is 21.6 Å². The van der Waals surface area contributed by atoms with Gasteiger partial charge in [0.15, 0.2) is 5.13 Å². The smallest absolute Gasteiger partial charge is 0.433 e. The molecular weight excluding hydrogens is 411 g/mol. The highest BCUT2D eigenvalue weighted by molar-refractivity contribution is 8.02. The summed E-state index contributed by atoms with van der Waals surface area (Å²) in [6.45, 7) is 0. The summed E-state index contributed by atoms with van der Waals surface area (Å²) in [5, 5.41) is 3.60. The zero-order chi connectivity index (χ0) is 20.4. The number of halogens is 3. The van der Waals surface area contributed by atoms with E-state index in [1.807, 2.05) is 29.6 Å². The molecule has 0 radical (unpaired) electrons. The van der Waals surface area contributed by atoms with Gasteiger partial charge in [-0.25, -0.2) is 9.19 Å². The van der Waals surface area contributed by atoms with Crippen molar-refractivity contribution in [3.05, 3.63) is 59.2 Å². The maximum absolute atomic E-state index is 12.8. The molecular formula is C18H16F3N3O2S2. The molecule has 0 aliphatic carbocycles. The predicted molar refractivity (Wildman–Crippen MR) is 106 cm³/mol. The first-order chi connectivity index (χ1) is 13.2. The quantitative estimate of drug-likeness (QED) is 0.616. The summed E-state index contributed by atoms with van der Waals surface area (Å²) in [5.74, 6) is 0.730. The molecule has 0 saturated heterocycles. The van der Waals surface area contributed by atoms with Crippen LogP contribution in [0.25, 0.3) is 11.3 Å². The van der Waals surface area contributed by atoms with Gasteiger partial charge in [-0.15, -0.1) is 11.3 Å². The van der Waals surface area contributed by atoms with Crippen LogP contribution in [0.1, 0.15) is 11.3 Å². The highest BCUT2D eigenvalue weighted by atomic mass is 32.2. The Bertz CT molecular complexity index is 1070. The molecule has 1 aromatic carbocycles. The lowest BCUT2D eigenvalue weighted by molar-refractivity contribution is -0.141. The minimum atomic E-state index is -4.51. The Labute approximate surface area is 164 Å². The molecule has 1 unspecified atom stereocenters. The Balaban J connectivity index is 1.77. The lowest BCUT2D eigenvalue weighted by Crippen LogP contribution is -2.14. The average molecular weight is 427 g/mol. The first kappa shape index (κ1) is 20.2. The fourth-order valence-corrected chi connectivity index (χ4v) is 4.68. The Morgan fingerprint density at radius 1 is 1.18 bits per heavy atom. The van der Waals surface area contributed by atoms with Crippen LogP contribution in [0.15, 0.2) is 48.0 Å². The monoisotopic (exact) mass is 427 g/mol. The van der Waals surface area contributed by atoms with E-state index in [2.05, 4.69) is 14.7 Å². The Morgan fingerprint density at radius 2 is 1.89 bits per heavy atom. The summed E-state index contributed by atoms with van der Waals surface area (Å²) in [5.41, 5.74) is 0.911. The lowest BCUT2D eigenvalue weighted by Gasteiger charge is -2.08. The van der Waals surface area contributed by atoms with Crippen molar-refractivity contribution >= 4 is 31.5 Å². The topological polar surface area (TPSA) is 64.1 Å². The first-order valence-corrected chi connectivity index (χ1v) is 10.8. The summed E-state index contributed by atoms with van der Waals surface area (Å²) >= 11 is 1.28. The zero-order valence-electron chi connectivity index (χ0n) is 14.9. The molecule has 1 atom stereocenters. The molecule has 148 valence electrons. The summed E-state index contributed by atoms with van der Waals surface area (Å²) in [6, 6.07) is 9.44. The summed E-state index contributed by atoms with van der Waals surface area (Å²) in [4.78, 5) is 7.78. The van der Waals surface area contributed by atoms with Gasteiger partial charge in [-0.05, 0) is 30.3 Å². The molecule has 2 aromatic heterocycles. The van der Waals surface area contributed by atoms with Crippen LogP contribution in [0, 0.1) is 0 Å². The molecule has 3 aromatic rings. The third-order valence-corrected chi connectivity index (χ3v) is 5.83. The van der Waals surface area contributed by atoms with Gasteiger partial charge < -0.3 is 4.74 Å². The molecule has 0 aliphatic rings. The number of anilines is 1. The molecule has 5 nitrogen and oxygen atoms in total. The fourth-order valence-electron chi connectivity index (χ4n) is 2.32. The number of hydrogen-bond donors (Lipinski definition) is 1. The van der Waals surface area contributed by atoms with Gasteiger partial charge >= 0.3 is 6.18 Å². The number of nitrogens with one attached hydrogen (secondary N) is 1. The SMILES string of the molecule is COc1ccc(-c2csc(NS(C)(=O)=Cc3ccc(C(F)(F)F)nc3)n2)cc1. The molecule has 0 saturated carbocycles. The van der Waals surface area contributed by atoms with Gasteiger partial charge in [0.2, 0.25) is 0 Å². The highest BCUT2D eigenvalue weighted by Gasteiger charge is 2.31. The van der Waals surface area contributed by atoms with Crippen molar-refractivity contribution in [2.45, 2.75) is 6.18 Å². The number of methoxy groups -OCH3 is 1. The molecule has 0 aliphatic heterocycles. The van der Waals surface area contributed by atoms with Gasteiger partial charge in [0, 0.05) is 34.3 Å². The van der Waals surface area contributed by atoms with E-state index in [1.54, 1.807) is 7.11 Å². The summed E-state index contributed by atoms with van der Waals surface area (Å²) in [6.07, 6.45) is -2.03. The first-order valence-electron chi connectivity index (χ1n) is 7.91. The van der Waals surface area contributed by atoms with Gasteiger partial charge in [0.1, 0.15) is 11.4 Å². The number of rotatable bonds is 5. The Morgan fingerprint density at radius 3 is 2.46 bits per heavy atom. The number of thiazole rings is 1. The molecule has 10 heteroatoms. The van der Waals surface area contributed by atoms with Gasteiger partial charge in [0.25, 0.3) is 0 Å². The Hall–Kier alpha value is -2.59. The average Bonchev–Trinajstić information content (AvgIpc) is 3.08. The van der Waals surface area contributed by atoms with Crippen molar-refractivity contribution in [3.8, 4) is 17.0 Å². The standard InChI is InChI=1S/C18H16F3N3O2S2/c1-26-14-6-4-13(5-7-14)15-10-27-17(23-15)24-28(2,25)11-12-3-8-16(22-9-12)18(19,20)21/h3-11H,1-2H3,(H,23,24,25).